The van der Waals surface area contributed by atoms with E-state index in [2.05, 4.69) is 31.4 Å². The van der Waals surface area contributed by atoms with Gasteiger partial charge in [0.25, 0.3) is 0 Å². The SMILES string of the molecule is C=Cc1ccc(/C=C/c2ccc(/C=C/c3ccc(C=C)c(C(=O)OCCCCCCOc4ccc(-c5ccc(C#N)cc5)cc4)c3)c(C(=O)OCCCCCCOc3ccc(-c4ccc(C#N)cc4)cc3)c2)c(C(=O)OCCCCCCOc2ccc(-c3ccc(C#N)cc3)cc2)c1. The summed E-state index contributed by atoms with van der Waals surface area (Å²) in [6.07, 6.45) is 20.5. The van der Waals surface area contributed by atoms with Gasteiger partial charge in [-0.3, -0.25) is 0 Å². The van der Waals surface area contributed by atoms with E-state index in [0.29, 0.717) is 100 Å². The van der Waals surface area contributed by atoms with Crippen LogP contribution in [0.25, 0.3) is 69.8 Å². The maximum Gasteiger partial charge on any atom is 0.338 e. The number of ether oxygens (including phenoxy) is 6. The van der Waals surface area contributed by atoms with Gasteiger partial charge in [-0.25, -0.2) is 14.4 Å². The lowest BCUT2D eigenvalue weighted by molar-refractivity contribution is 0.0488. The minimum atomic E-state index is -0.489. The smallest absolute Gasteiger partial charge is 0.338 e. The Morgan fingerprint density at radius 1 is 0.296 bits per heavy atom. The maximum absolute atomic E-state index is 14.1. The van der Waals surface area contributed by atoms with Gasteiger partial charge in [-0.05, 0) is 235 Å². The van der Waals surface area contributed by atoms with Crippen molar-refractivity contribution in [2.75, 3.05) is 39.6 Å². The lowest BCUT2D eigenvalue weighted by Gasteiger charge is -2.11. The van der Waals surface area contributed by atoms with Crippen LogP contribution in [0.15, 0.2) is 213 Å². The molecule has 0 N–H and O–H groups in total. The van der Waals surface area contributed by atoms with Crippen molar-refractivity contribution < 1.29 is 42.8 Å². The van der Waals surface area contributed by atoms with Crippen molar-refractivity contribution in [1.29, 1.82) is 15.8 Å². The lowest BCUT2D eigenvalue weighted by atomic mass is 9.99. The van der Waals surface area contributed by atoms with Gasteiger partial charge in [-0.1, -0.05) is 159 Å². The molecule has 9 rings (SSSR count). The molecule has 0 saturated carbocycles. The quantitative estimate of drug-likeness (QED) is 0.0157. The molecule has 0 aromatic heterocycles. The fourth-order valence-corrected chi connectivity index (χ4v) is 10.8. The highest BCUT2D eigenvalue weighted by molar-refractivity contribution is 5.98. The molecule has 0 aliphatic heterocycles. The molecule has 12 nitrogen and oxygen atoms in total. The van der Waals surface area contributed by atoms with E-state index in [0.717, 1.165) is 114 Å². The number of nitriles is 3. The van der Waals surface area contributed by atoms with Gasteiger partial charge in [0.15, 0.2) is 0 Å². The average molecular weight is 1300 g/mol. The zero-order valence-electron chi connectivity index (χ0n) is 55.2. The molecule has 492 valence electrons. The minimum Gasteiger partial charge on any atom is -0.494 e. The number of unbranched alkanes of at least 4 members (excludes halogenated alkanes) is 9. The normalized spacial score (nSPS) is 10.9. The molecule has 0 aliphatic carbocycles. The summed E-state index contributed by atoms with van der Waals surface area (Å²) >= 11 is 0. The molecule has 0 heterocycles. The molecule has 12 heteroatoms. The number of carbonyl (C=O) groups is 3. The van der Waals surface area contributed by atoms with Gasteiger partial charge in [0, 0.05) is 0 Å². The summed E-state index contributed by atoms with van der Waals surface area (Å²) in [5.74, 6) is 0.972. The predicted molar refractivity (Wildman–Crippen MR) is 390 cm³/mol. The van der Waals surface area contributed by atoms with E-state index in [1.54, 1.807) is 42.5 Å². The summed E-state index contributed by atoms with van der Waals surface area (Å²) in [5.41, 5.74) is 13.3. The van der Waals surface area contributed by atoms with E-state index >= 15 is 0 Å². The van der Waals surface area contributed by atoms with E-state index in [4.69, 9.17) is 44.2 Å². The first kappa shape index (κ1) is 70.5. The summed E-state index contributed by atoms with van der Waals surface area (Å²) in [6, 6.07) is 69.1. The van der Waals surface area contributed by atoms with Crippen LogP contribution in [0, 0.1) is 34.0 Å². The summed E-state index contributed by atoms with van der Waals surface area (Å²) in [6.45, 7) is 10.3. The summed E-state index contributed by atoms with van der Waals surface area (Å²) in [7, 11) is 0. The number of hydrogen-bond donors (Lipinski definition) is 0. The molecule has 0 aliphatic rings. The Morgan fingerprint density at radius 2 is 0.561 bits per heavy atom. The van der Waals surface area contributed by atoms with E-state index in [-0.39, 0.29) is 19.8 Å². The molecule has 9 aromatic carbocycles. The van der Waals surface area contributed by atoms with Gasteiger partial charge in [0.2, 0.25) is 0 Å². The number of esters is 3. The van der Waals surface area contributed by atoms with Crippen LogP contribution in [0.4, 0.5) is 0 Å². The molecular formula is C86H79N3O9. The topological polar surface area (TPSA) is 178 Å². The fourth-order valence-electron chi connectivity index (χ4n) is 10.8. The van der Waals surface area contributed by atoms with Crippen molar-refractivity contribution in [1.82, 2.24) is 0 Å². The first-order valence-electron chi connectivity index (χ1n) is 33.3. The second-order valence-corrected chi connectivity index (χ2v) is 23.5. The van der Waals surface area contributed by atoms with Crippen LogP contribution in [0.1, 0.15) is 158 Å². The van der Waals surface area contributed by atoms with Crippen LogP contribution >= 0.6 is 0 Å². The van der Waals surface area contributed by atoms with Crippen LogP contribution < -0.4 is 14.2 Å². The van der Waals surface area contributed by atoms with Crippen molar-refractivity contribution in [3.8, 4) is 68.8 Å². The van der Waals surface area contributed by atoms with E-state index < -0.39 is 17.9 Å². The van der Waals surface area contributed by atoms with Crippen LogP contribution in [-0.2, 0) is 14.2 Å². The second-order valence-electron chi connectivity index (χ2n) is 23.5. The Morgan fingerprint density at radius 3 is 0.857 bits per heavy atom. The van der Waals surface area contributed by atoms with Gasteiger partial charge in [0.05, 0.1) is 91.2 Å². The highest BCUT2D eigenvalue weighted by Crippen LogP contribution is 2.28. The second kappa shape index (κ2) is 37.9. The molecule has 0 unspecified atom stereocenters. The third kappa shape index (κ3) is 21.6. The number of carbonyl (C=O) groups excluding carboxylic acids is 3. The molecule has 0 radical (unpaired) electrons. The Kier molecular flexibility index (Phi) is 27.3. The molecule has 0 fully saturated rings. The molecular weight excluding hydrogens is 1220 g/mol. The lowest BCUT2D eigenvalue weighted by Crippen LogP contribution is -2.09. The fraction of sp³-hybridized carbons (Fsp3) is 0.209. The summed E-state index contributed by atoms with van der Waals surface area (Å²) in [5, 5.41) is 27.4. The molecule has 0 bridgehead atoms. The first-order chi connectivity index (χ1) is 48.1. The van der Waals surface area contributed by atoms with E-state index in [1.165, 1.54) is 0 Å². The third-order valence-electron chi connectivity index (χ3n) is 16.5. The Hall–Kier alpha value is -11.8. The Labute approximate surface area is 575 Å². The van der Waals surface area contributed by atoms with Crippen LogP contribution in [-0.4, -0.2) is 57.5 Å². The van der Waals surface area contributed by atoms with Gasteiger partial charge in [0.1, 0.15) is 17.2 Å². The largest absolute Gasteiger partial charge is 0.494 e. The molecule has 0 saturated heterocycles. The predicted octanol–water partition coefficient (Wildman–Crippen LogP) is 20.3. The highest BCUT2D eigenvalue weighted by Gasteiger charge is 2.17. The molecule has 0 amide bonds. The van der Waals surface area contributed by atoms with Crippen molar-refractivity contribution in [3.63, 3.8) is 0 Å². The molecule has 0 spiro atoms. The van der Waals surface area contributed by atoms with Crippen molar-refractivity contribution in [2.24, 2.45) is 0 Å². The van der Waals surface area contributed by atoms with Gasteiger partial charge in [-0.2, -0.15) is 15.8 Å². The van der Waals surface area contributed by atoms with Gasteiger partial charge >= 0.3 is 17.9 Å². The molecule has 98 heavy (non-hydrogen) atoms. The van der Waals surface area contributed by atoms with Crippen LogP contribution in [0.3, 0.4) is 0 Å². The monoisotopic (exact) mass is 1300 g/mol. The Balaban J connectivity index is 0.774. The molecule has 9 aromatic rings. The van der Waals surface area contributed by atoms with Gasteiger partial charge in [-0.15, -0.1) is 0 Å². The van der Waals surface area contributed by atoms with Crippen LogP contribution in [0.2, 0.25) is 0 Å². The standard InChI is InChI=1S/C86H79N3O9/c1-3-63-17-35-76(82(57-63)85(91)97-55-15-9-6-12-52-94-79-47-41-74(42-48-79)71-31-24-67(61-88)25-32-71)36-20-65-21-38-77(83(59-65)86(92)98-56-16-10-7-13-53-95-80-49-43-75(44-50-80)72-33-26-68(62-89)27-34-72)37-19-64-18-28-69(4-2)81(58-64)84(90)96-54-14-8-5-11-51-93-78-45-39-73(40-46-78)70-29-22-66(60-87)23-30-70/h3-4,17-50,57-59H,1-2,5-16,51-56H2/b36-20+,37-19+. The zero-order valence-corrected chi connectivity index (χ0v) is 55.2. The van der Waals surface area contributed by atoms with Crippen LogP contribution in [0.5, 0.6) is 17.2 Å². The maximum atomic E-state index is 14.1. The number of nitrogens with zero attached hydrogens (tertiary/aromatic N) is 3. The zero-order chi connectivity index (χ0) is 68.5. The minimum absolute atomic E-state index is 0.218. The number of rotatable bonds is 36. The highest BCUT2D eigenvalue weighted by atomic mass is 16.5. The van der Waals surface area contributed by atoms with E-state index in [1.807, 2.05) is 194 Å². The van der Waals surface area contributed by atoms with Crippen molar-refractivity contribution >= 4 is 54.4 Å². The van der Waals surface area contributed by atoms with Crippen molar-refractivity contribution in [2.45, 2.75) is 77.0 Å². The summed E-state index contributed by atoms with van der Waals surface area (Å²) < 4.78 is 35.5. The van der Waals surface area contributed by atoms with Crippen molar-refractivity contribution in [3.05, 3.63) is 280 Å². The number of hydrogen-bond acceptors (Lipinski definition) is 12. The Bertz CT molecular complexity index is 4320. The first-order valence-corrected chi connectivity index (χ1v) is 33.3. The average Bonchev–Trinajstić information content (AvgIpc) is 0.916. The summed E-state index contributed by atoms with van der Waals surface area (Å²) in [4.78, 5) is 41.4. The van der Waals surface area contributed by atoms with Gasteiger partial charge < -0.3 is 28.4 Å². The third-order valence-corrected chi connectivity index (χ3v) is 16.5. The number of benzene rings is 9. The molecule has 0 atom stereocenters. The van der Waals surface area contributed by atoms with E-state index in [9.17, 15) is 14.4 Å².